The second-order valence-corrected chi connectivity index (χ2v) is 7.65. The minimum Gasteiger partial charge on any atom is -0.496 e. The largest absolute Gasteiger partial charge is 0.496 e. The van der Waals surface area contributed by atoms with Gasteiger partial charge in [0.05, 0.1) is 18.9 Å². The van der Waals surface area contributed by atoms with E-state index < -0.39 is 0 Å². The topological polar surface area (TPSA) is 76.3 Å². The summed E-state index contributed by atoms with van der Waals surface area (Å²) in [5.74, 6) is 2.55. The summed E-state index contributed by atoms with van der Waals surface area (Å²) >= 11 is 0. The standard InChI is InChI=1S/C22H27N5O2/c1-15(2)27-11-8-23-22(27)16-4-5-20(29-3)18(12-16)19-13-21(25-14-24-19)26-9-6-17(28)7-10-26/h4-5,8,11-15,17,28H,6-7,9-10H2,1-3H3. The Hall–Kier alpha value is -2.93. The van der Waals surface area contributed by atoms with E-state index in [-0.39, 0.29) is 6.10 Å². The molecule has 0 amide bonds. The Kier molecular flexibility index (Phi) is 5.49. The first-order chi connectivity index (χ1) is 14.1. The van der Waals surface area contributed by atoms with Gasteiger partial charge in [0, 0.05) is 48.7 Å². The van der Waals surface area contributed by atoms with E-state index in [0.717, 1.165) is 60.1 Å². The fourth-order valence-electron chi connectivity index (χ4n) is 3.76. The van der Waals surface area contributed by atoms with E-state index in [9.17, 15) is 5.11 Å². The van der Waals surface area contributed by atoms with Crippen molar-refractivity contribution in [3.05, 3.63) is 43.0 Å². The number of rotatable bonds is 5. The van der Waals surface area contributed by atoms with Crippen molar-refractivity contribution in [2.24, 2.45) is 0 Å². The van der Waals surface area contributed by atoms with Crippen molar-refractivity contribution in [3.63, 3.8) is 0 Å². The molecule has 1 saturated heterocycles. The van der Waals surface area contributed by atoms with Crippen molar-refractivity contribution >= 4 is 5.82 Å². The molecule has 1 aliphatic heterocycles. The average molecular weight is 393 g/mol. The molecular formula is C22H27N5O2. The van der Waals surface area contributed by atoms with E-state index in [2.05, 4.69) is 44.3 Å². The summed E-state index contributed by atoms with van der Waals surface area (Å²) in [7, 11) is 1.67. The minimum absolute atomic E-state index is 0.214. The highest BCUT2D eigenvalue weighted by molar-refractivity contribution is 5.75. The number of aliphatic hydroxyl groups excluding tert-OH is 1. The number of hydrogen-bond acceptors (Lipinski definition) is 6. The number of anilines is 1. The van der Waals surface area contributed by atoms with Crippen molar-refractivity contribution in [2.75, 3.05) is 25.1 Å². The monoisotopic (exact) mass is 393 g/mol. The summed E-state index contributed by atoms with van der Waals surface area (Å²) < 4.78 is 7.76. The molecule has 0 atom stereocenters. The van der Waals surface area contributed by atoms with Crippen LogP contribution in [0.2, 0.25) is 0 Å². The molecule has 7 heteroatoms. The number of imidazole rings is 1. The fourth-order valence-corrected chi connectivity index (χ4v) is 3.76. The van der Waals surface area contributed by atoms with Crippen LogP contribution in [-0.2, 0) is 0 Å². The molecule has 152 valence electrons. The minimum atomic E-state index is -0.214. The third-order valence-electron chi connectivity index (χ3n) is 5.40. The van der Waals surface area contributed by atoms with Gasteiger partial charge >= 0.3 is 0 Å². The molecule has 0 bridgehead atoms. The average Bonchev–Trinajstić information content (AvgIpc) is 3.24. The summed E-state index contributed by atoms with van der Waals surface area (Å²) in [5.41, 5.74) is 2.73. The molecule has 29 heavy (non-hydrogen) atoms. The number of nitrogens with zero attached hydrogens (tertiary/aromatic N) is 5. The summed E-state index contributed by atoms with van der Waals surface area (Å²) in [6.07, 6.45) is 6.72. The van der Waals surface area contributed by atoms with Gasteiger partial charge in [0.2, 0.25) is 0 Å². The Bertz CT molecular complexity index is 977. The van der Waals surface area contributed by atoms with Gasteiger partial charge in [-0.2, -0.15) is 0 Å². The molecule has 1 aromatic carbocycles. The lowest BCUT2D eigenvalue weighted by molar-refractivity contribution is 0.145. The number of ether oxygens (including phenoxy) is 1. The molecule has 0 unspecified atom stereocenters. The lowest BCUT2D eigenvalue weighted by Gasteiger charge is -2.30. The molecule has 1 aliphatic rings. The molecule has 1 N–H and O–H groups in total. The Morgan fingerprint density at radius 3 is 2.62 bits per heavy atom. The third kappa shape index (κ3) is 3.96. The highest BCUT2D eigenvalue weighted by Gasteiger charge is 2.20. The van der Waals surface area contributed by atoms with E-state index in [1.165, 1.54) is 0 Å². The van der Waals surface area contributed by atoms with Crippen molar-refractivity contribution in [2.45, 2.75) is 38.8 Å². The first-order valence-electron chi connectivity index (χ1n) is 10.0. The molecule has 2 aromatic heterocycles. The zero-order valence-electron chi connectivity index (χ0n) is 17.1. The smallest absolute Gasteiger partial charge is 0.140 e. The van der Waals surface area contributed by atoms with Crippen LogP contribution in [0.1, 0.15) is 32.7 Å². The van der Waals surface area contributed by atoms with Crippen molar-refractivity contribution in [1.29, 1.82) is 0 Å². The van der Waals surface area contributed by atoms with E-state index in [0.29, 0.717) is 6.04 Å². The Balaban J connectivity index is 1.72. The van der Waals surface area contributed by atoms with E-state index >= 15 is 0 Å². The lowest BCUT2D eigenvalue weighted by Crippen LogP contribution is -2.36. The highest BCUT2D eigenvalue weighted by Crippen LogP contribution is 2.34. The van der Waals surface area contributed by atoms with Crippen LogP contribution in [-0.4, -0.2) is 50.9 Å². The Labute approximate surface area is 171 Å². The SMILES string of the molecule is COc1ccc(-c2nccn2C(C)C)cc1-c1cc(N2CCC(O)CC2)ncn1. The molecule has 0 radical (unpaired) electrons. The normalized spacial score (nSPS) is 15.1. The fraction of sp³-hybridized carbons (Fsp3) is 0.409. The van der Waals surface area contributed by atoms with Gasteiger partial charge in [-0.15, -0.1) is 0 Å². The molecule has 4 rings (SSSR count). The van der Waals surface area contributed by atoms with Crippen LogP contribution in [0.3, 0.4) is 0 Å². The number of piperidine rings is 1. The maximum Gasteiger partial charge on any atom is 0.140 e. The molecule has 3 aromatic rings. The van der Waals surface area contributed by atoms with Gasteiger partial charge in [0.1, 0.15) is 23.7 Å². The van der Waals surface area contributed by atoms with Crippen molar-refractivity contribution in [1.82, 2.24) is 19.5 Å². The van der Waals surface area contributed by atoms with E-state index in [1.807, 2.05) is 30.6 Å². The van der Waals surface area contributed by atoms with Crippen LogP contribution in [0.15, 0.2) is 43.0 Å². The van der Waals surface area contributed by atoms with Crippen LogP contribution in [0.5, 0.6) is 5.75 Å². The van der Waals surface area contributed by atoms with E-state index in [1.54, 1.807) is 13.4 Å². The number of benzene rings is 1. The van der Waals surface area contributed by atoms with Gasteiger partial charge in [-0.1, -0.05) is 0 Å². The molecule has 0 saturated carbocycles. The van der Waals surface area contributed by atoms with Gasteiger partial charge in [0.15, 0.2) is 0 Å². The van der Waals surface area contributed by atoms with E-state index in [4.69, 9.17) is 4.74 Å². The van der Waals surface area contributed by atoms with Crippen LogP contribution in [0.4, 0.5) is 5.82 Å². The molecule has 1 fully saturated rings. The van der Waals surface area contributed by atoms with Crippen LogP contribution in [0, 0.1) is 0 Å². The van der Waals surface area contributed by atoms with Crippen molar-refractivity contribution < 1.29 is 9.84 Å². The third-order valence-corrected chi connectivity index (χ3v) is 5.40. The zero-order chi connectivity index (χ0) is 20.4. The highest BCUT2D eigenvalue weighted by atomic mass is 16.5. The Morgan fingerprint density at radius 2 is 1.90 bits per heavy atom. The molecule has 0 aliphatic carbocycles. The van der Waals surface area contributed by atoms with Gasteiger partial charge in [-0.05, 0) is 44.9 Å². The molecular weight excluding hydrogens is 366 g/mol. The lowest BCUT2D eigenvalue weighted by atomic mass is 10.0. The summed E-state index contributed by atoms with van der Waals surface area (Å²) in [5, 5.41) is 9.77. The van der Waals surface area contributed by atoms with Gasteiger partial charge < -0.3 is 19.3 Å². The first kappa shape index (κ1) is 19.4. The zero-order valence-corrected chi connectivity index (χ0v) is 17.1. The van der Waals surface area contributed by atoms with Gasteiger partial charge in [-0.25, -0.2) is 15.0 Å². The number of aromatic nitrogens is 4. The van der Waals surface area contributed by atoms with Crippen LogP contribution < -0.4 is 9.64 Å². The summed E-state index contributed by atoms with van der Waals surface area (Å²) in [6, 6.07) is 8.37. The Morgan fingerprint density at radius 1 is 1.10 bits per heavy atom. The predicted molar refractivity (Wildman–Crippen MR) is 113 cm³/mol. The maximum atomic E-state index is 9.77. The van der Waals surface area contributed by atoms with Crippen LogP contribution >= 0.6 is 0 Å². The van der Waals surface area contributed by atoms with Gasteiger partial charge in [0.25, 0.3) is 0 Å². The van der Waals surface area contributed by atoms with Crippen LogP contribution in [0.25, 0.3) is 22.6 Å². The molecule has 0 spiro atoms. The van der Waals surface area contributed by atoms with Crippen molar-refractivity contribution in [3.8, 4) is 28.4 Å². The summed E-state index contributed by atoms with van der Waals surface area (Å²) in [4.78, 5) is 15.7. The second kappa shape index (κ2) is 8.21. The first-order valence-corrected chi connectivity index (χ1v) is 10.0. The molecule has 3 heterocycles. The van der Waals surface area contributed by atoms with Gasteiger partial charge in [-0.3, -0.25) is 0 Å². The predicted octanol–water partition coefficient (Wildman–Crippen LogP) is 3.56. The molecule has 7 nitrogen and oxygen atoms in total. The number of hydrogen-bond donors (Lipinski definition) is 1. The maximum absolute atomic E-state index is 9.77. The number of aliphatic hydroxyl groups is 1. The second-order valence-electron chi connectivity index (χ2n) is 7.65. The summed E-state index contributed by atoms with van der Waals surface area (Å²) in [6.45, 7) is 5.87. The number of methoxy groups -OCH3 is 1. The quantitative estimate of drug-likeness (QED) is 0.714.